The standard InChI is InChI=1S/C14H24N2OS/c17-14-9-12(13-3-1-2-6-16(13)14)15-10-11-4-7-18-8-5-11/h11-13,15H,1-10H2. The Balaban J connectivity index is 1.51. The van der Waals surface area contributed by atoms with Crippen LogP contribution in [0.1, 0.15) is 38.5 Å². The Morgan fingerprint density at radius 3 is 2.89 bits per heavy atom. The number of piperidine rings is 1. The number of carbonyl (C=O) groups is 1. The smallest absolute Gasteiger partial charge is 0.224 e. The molecule has 4 heteroatoms. The molecule has 102 valence electrons. The van der Waals surface area contributed by atoms with Crippen molar-refractivity contribution in [3.8, 4) is 0 Å². The summed E-state index contributed by atoms with van der Waals surface area (Å²) in [6.07, 6.45) is 7.16. The molecule has 2 atom stereocenters. The zero-order valence-corrected chi connectivity index (χ0v) is 11.9. The molecule has 0 aromatic rings. The lowest BCUT2D eigenvalue weighted by molar-refractivity contribution is -0.129. The van der Waals surface area contributed by atoms with Crippen LogP contribution in [0.15, 0.2) is 0 Å². The molecule has 3 nitrogen and oxygen atoms in total. The van der Waals surface area contributed by atoms with E-state index in [1.165, 1.54) is 43.6 Å². The van der Waals surface area contributed by atoms with Gasteiger partial charge in [0.05, 0.1) is 0 Å². The molecule has 3 aliphatic heterocycles. The van der Waals surface area contributed by atoms with Gasteiger partial charge in [-0.2, -0.15) is 11.8 Å². The van der Waals surface area contributed by atoms with Gasteiger partial charge in [-0.15, -0.1) is 0 Å². The quantitative estimate of drug-likeness (QED) is 0.848. The first kappa shape index (κ1) is 12.8. The molecule has 3 saturated heterocycles. The molecule has 1 amide bonds. The van der Waals surface area contributed by atoms with Gasteiger partial charge < -0.3 is 10.2 Å². The maximum absolute atomic E-state index is 12.0. The second kappa shape index (κ2) is 5.83. The topological polar surface area (TPSA) is 32.3 Å². The number of thioether (sulfide) groups is 1. The van der Waals surface area contributed by atoms with E-state index in [0.29, 0.717) is 18.0 Å². The molecular weight excluding hydrogens is 244 g/mol. The number of hydrogen-bond acceptors (Lipinski definition) is 3. The van der Waals surface area contributed by atoms with Crippen molar-refractivity contribution in [2.24, 2.45) is 5.92 Å². The lowest BCUT2D eigenvalue weighted by Crippen LogP contribution is -2.46. The van der Waals surface area contributed by atoms with Gasteiger partial charge >= 0.3 is 0 Å². The first-order valence-electron chi connectivity index (χ1n) is 7.45. The minimum atomic E-state index is 0.386. The first-order valence-corrected chi connectivity index (χ1v) is 8.60. The van der Waals surface area contributed by atoms with Crippen LogP contribution >= 0.6 is 11.8 Å². The van der Waals surface area contributed by atoms with E-state index in [1.807, 2.05) is 0 Å². The van der Waals surface area contributed by atoms with Crippen LogP contribution in [0.5, 0.6) is 0 Å². The molecule has 0 saturated carbocycles. The molecule has 0 radical (unpaired) electrons. The summed E-state index contributed by atoms with van der Waals surface area (Å²) in [6.45, 7) is 2.13. The van der Waals surface area contributed by atoms with Gasteiger partial charge in [-0.25, -0.2) is 0 Å². The summed E-state index contributed by atoms with van der Waals surface area (Å²) < 4.78 is 0. The molecule has 2 unspecified atom stereocenters. The largest absolute Gasteiger partial charge is 0.338 e. The minimum absolute atomic E-state index is 0.386. The molecule has 18 heavy (non-hydrogen) atoms. The van der Waals surface area contributed by atoms with E-state index in [1.54, 1.807) is 0 Å². The predicted molar refractivity (Wildman–Crippen MR) is 75.8 cm³/mol. The van der Waals surface area contributed by atoms with Gasteiger partial charge in [0.2, 0.25) is 5.91 Å². The van der Waals surface area contributed by atoms with Crippen molar-refractivity contribution >= 4 is 17.7 Å². The lowest BCUT2D eigenvalue weighted by Gasteiger charge is -2.33. The maximum Gasteiger partial charge on any atom is 0.224 e. The average molecular weight is 268 g/mol. The summed E-state index contributed by atoms with van der Waals surface area (Å²) in [5, 5.41) is 3.71. The van der Waals surface area contributed by atoms with Crippen molar-refractivity contribution in [3.63, 3.8) is 0 Å². The number of rotatable bonds is 3. The zero-order valence-electron chi connectivity index (χ0n) is 11.1. The predicted octanol–water partition coefficient (Wildman–Crippen LogP) is 1.87. The van der Waals surface area contributed by atoms with Crippen LogP contribution in [0.3, 0.4) is 0 Å². The number of amides is 1. The third kappa shape index (κ3) is 2.69. The van der Waals surface area contributed by atoms with Crippen LogP contribution in [-0.2, 0) is 4.79 Å². The minimum Gasteiger partial charge on any atom is -0.338 e. The van der Waals surface area contributed by atoms with E-state index in [4.69, 9.17) is 0 Å². The Bertz CT molecular complexity index is 304. The van der Waals surface area contributed by atoms with E-state index in [-0.39, 0.29) is 0 Å². The fourth-order valence-electron chi connectivity index (χ4n) is 3.60. The van der Waals surface area contributed by atoms with Crippen molar-refractivity contribution < 1.29 is 4.79 Å². The average Bonchev–Trinajstić information content (AvgIpc) is 2.75. The summed E-state index contributed by atoms with van der Waals surface area (Å²) in [6, 6.07) is 0.941. The fraction of sp³-hybridized carbons (Fsp3) is 0.929. The molecule has 1 N–H and O–H groups in total. The van der Waals surface area contributed by atoms with Crippen molar-refractivity contribution in [1.82, 2.24) is 10.2 Å². The molecule has 3 rings (SSSR count). The number of carbonyl (C=O) groups excluding carboxylic acids is 1. The normalized spacial score (nSPS) is 33.8. The van der Waals surface area contributed by atoms with Crippen LogP contribution < -0.4 is 5.32 Å². The van der Waals surface area contributed by atoms with Crippen molar-refractivity contribution in [2.75, 3.05) is 24.6 Å². The monoisotopic (exact) mass is 268 g/mol. The molecule has 0 aromatic heterocycles. The summed E-state index contributed by atoms with van der Waals surface area (Å²) in [4.78, 5) is 14.1. The summed E-state index contributed by atoms with van der Waals surface area (Å²) >= 11 is 2.09. The Morgan fingerprint density at radius 1 is 1.22 bits per heavy atom. The van der Waals surface area contributed by atoms with Crippen LogP contribution in [0.25, 0.3) is 0 Å². The Morgan fingerprint density at radius 2 is 2.06 bits per heavy atom. The molecule has 3 heterocycles. The van der Waals surface area contributed by atoms with Crippen molar-refractivity contribution in [2.45, 2.75) is 50.6 Å². The third-order valence-electron chi connectivity index (χ3n) is 4.74. The SMILES string of the molecule is O=C1CC(NCC2CCSCC2)C2CCCCN12. The van der Waals surface area contributed by atoms with Crippen LogP contribution in [-0.4, -0.2) is 47.5 Å². The van der Waals surface area contributed by atoms with Crippen LogP contribution in [0.2, 0.25) is 0 Å². The van der Waals surface area contributed by atoms with E-state index in [2.05, 4.69) is 22.0 Å². The number of nitrogens with zero attached hydrogens (tertiary/aromatic N) is 1. The Hall–Kier alpha value is -0.220. The molecule has 0 spiro atoms. The zero-order chi connectivity index (χ0) is 12.4. The van der Waals surface area contributed by atoms with E-state index < -0.39 is 0 Å². The highest BCUT2D eigenvalue weighted by molar-refractivity contribution is 7.99. The number of hydrogen-bond donors (Lipinski definition) is 1. The highest BCUT2D eigenvalue weighted by Crippen LogP contribution is 2.29. The maximum atomic E-state index is 12.0. The van der Waals surface area contributed by atoms with Gasteiger partial charge in [-0.3, -0.25) is 4.79 Å². The molecule has 0 aliphatic carbocycles. The van der Waals surface area contributed by atoms with E-state index in [9.17, 15) is 4.79 Å². The van der Waals surface area contributed by atoms with E-state index >= 15 is 0 Å². The van der Waals surface area contributed by atoms with Gasteiger partial charge in [0.1, 0.15) is 0 Å². The molecule has 0 bridgehead atoms. The Labute approximate surface area is 114 Å². The fourth-order valence-corrected chi connectivity index (χ4v) is 4.81. The number of fused-ring (bicyclic) bond motifs is 1. The Kier molecular flexibility index (Phi) is 4.14. The van der Waals surface area contributed by atoms with Gasteiger partial charge in [0.25, 0.3) is 0 Å². The summed E-state index contributed by atoms with van der Waals surface area (Å²) in [5.41, 5.74) is 0. The van der Waals surface area contributed by atoms with E-state index in [0.717, 1.165) is 25.4 Å². The molecule has 3 fully saturated rings. The van der Waals surface area contributed by atoms with Crippen LogP contribution in [0, 0.1) is 5.92 Å². The summed E-state index contributed by atoms with van der Waals surface area (Å²) in [7, 11) is 0. The second-order valence-corrected chi connectivity index (χ2v) is 7.15. The van der Waals surface area contributed by atoms with Gasteiger partial charge in [-0.05, 0) is 56.1 Å². The highest BCUT2D eigenvalue weighted by Gasteiger charge is 2.40. The highest BCUT2D eigenvalue weighted by atomic mass is 32.2. The molecular formula is C14H24N2OS. The van der Waals surface area contributed by atoms with Crippen molar-refractivity contribution in [3.05, 3.63) is 0 Å². The van der Waals surface area contributed by atoms with Gasteiger partial charge in [0.15, 0.2) is 0 Å². The third-order valence-corrected chi connectivity index (χ3v) is 5.79. The molecule has 0 aromatic carbocycles. The van der Waals surface area contributed by atoms with Crippen LogP contribution in [0.4, 0.5) is 0 Å². The lowest BCUT2D eigenvalue weighted by atomic mass is 9.97. The summed E-state index contributed by atoms with van der Waals surface area (Å²) in [5.74, 6) is 3.88. The second-order valence-electron chi connectivity index (χ2n) is 5.92. The first-order chi connectivity index (χ1) is 8.84. The van der Waals surface area contributed by atoms with Gasteiger partial charge in [0, 0.05) is 25.0 Å². The van der Waals surface area contributed by atoms with Gasteiger partial charge in [-0.1, -0.05) is 0 Å². The number of nitrogens with one attached hydrogen (secondary N) is 1. The molecule has 3 aliphatic rings. The van der Waals surface area contributed by atoms with Crippen molar-refractivity contribution in [1.29, 1.82) is 0 Å².